The molecule has 0 amide bonds. The number of carbonyl (C=O) groups is 4. The number of furan rings is 1. The molecule has 3 N–H and O–H groups in total. The monoisotopic (exact) mass is 739 g/mol. The second kappa shape index (κ2) is 17.6. The maximum absolute atomic E-state index is 13.1. The van der Waals surface area contributed by atoms with E-state index in [9.17, 15) is 32.7 Å². The lowest BCUT2D eigenvalue weighted by atomic mass is 9.99. The van der Waals surface area contributed by atoms with Gasteiger partial charge in [0, 0.05) is 29.0 Å². The van der Waals surface area contributed by atoms with Crippen LogP contribution in [-0.4, -0.2) is 67.2 Å². The van der Waals surface area contributed by atoms with E-state index in [1.54, 1.807) is 48.2 Å². The van der Waals surface area contributed by atoms with Crippen LogP contribution in [0.2, 0.25) is 10.0 Å². The lowest BCUT2D eigenvalue weighted by molar-refractivity contribution is -0.152. The molecule has 3 aromatic rings. The van der Waals surface area contributed by atoms with Gasteiger partial charge >= 0.3 is 17.9 Å². The summed E-state index contributed by atoms with van der Waals surface area (Å²) in [5.41, 5.74) is -0.336. The molecule has 1 heterocycles. The van der Waals surface area contributed by atoms with Gasteiger partial charge in [-0.05, 0) is 76.9 Å². The third-order valence-electron chi connectivity index (χ3n) is 7.30. The number of anilines is 1. The van der Waals surface area contributed by atoms with Gasteiger partial charge in [-0.15, -0.1) is 0 Å². The Balaban J connectivity index is 1.43. The van der Waals surface area contributed by atoms with E-state index in [0.717, 1.165) is 6.07 Å². The van der Waals surface area contributed by atoms with Crippen molar-refractivity contribution >= 4 is 62.6 Å². The van der Waals surface area contributed by atoms with Crippen molar-refractivity contribution in [1.29, 1.82) is 0 Å². The molecule has 13 nitrogen and oxygen atoms in total. The molecule has 0 fully saturated rings. The number of nitrogens with zero attached hydrogens (tertiary/aromatic N) is 1. The molecule has 0 aliphatic rings. The van der Waals surface area contributed by atoms with Gasteiger partial charge in [-0.25, -0.2) is 13.2 Å². The first-order valence-electron chi connectivity index (χ1n) is 15.2. The summed E-state index contributed by atoms with van der Waals surface area (Å²) >= 11 is 12.2. The molecule has 0 aliphatic heterocycles. The molecular formula is C33H39Cl2N3O10S. The zero-order valence-electron chi connectivity index (χ0n) is 27.5. The van der Waals surface area contributed by atoms with Crippen molar-refractivity contribution in [2.24, 2.45) is 0 Å². The normalized spacial score (nSPS) is 12.4. The first-order chi connectivity index (χ1) is 23.0. The molecule has 0 spiro atoms. The highest BCUT2D eigenvalue weighted by Gasteiger charge is 2.32. The van der Waals surface area contributed by atoms with E-state index in [-0.39, 0.29) is 54.6 Å². The van der Waals surface area contributed by atoms with E-state index >= 15 is 0 Å². The zero-order chi connectivity index (χ0) is 36.4. The average Bonchev–Trinajstić information content (AvgIpc) is 3.54. The summed E-state index contributed by atoms with van der Waals surface area (Å²) in [4.78, 5) is 50.8. The number of hydrogen-bond donors (Lipinski definition) is 3. The third-order valence-corrected chi connectivity index (χ3v) is 9.38. The molecule has 0 saturated heterocycles. The van der Waals surface area contributed by atoms with E-state index in [2.05, 4.69) is 10.0 Å². The number of aromatic carboxylic acids is 1. The summed E-state index contributed by atoms with van der Waals surface area (Å²) in [5.74, 6) is -2.29. The number of sulfonamides is 1. The molecule has 1 atom stereocenters. The molecule has 266 valence electrons. The lowest BCUT2D eigenvalue weighted by Gasteiger charge is -2.38. The number of carboxylic acids is 1. The largest absolute Gasteiger partial charge is 0.478 e. The number of carbonyl (C=O) groups excluding carboxylic acids is 3. The number of benzene rings is 2. The predicted octanol–water partition coefficient (Wildman–Crippen LogP) is 6.11. The van der Waals surface area contributed by atoms with Crippen molar-refractivity contribution in [1.82, 2.24) is 9.62 Å². The van der Waals surface area contributed by atoms with Crippen LogP contribution < -0.4 is 10.0 Å². The number of hydrogen-bond acceptors (Lipinski definition) is 11. The van der Waals surface area contributed by atoms with Crippen LogP contribution in [0.25, 0.3) is 0 Å². The van der Waals surface area contributed by atoms with Crippen LogP contribution in [0.5, 0.6) is 0 Å². The van der Waals surface area contributed by atoms with E-state index in [1.807, 2.05) is 20.8 Å². The van der Waals surface area contributed by atoms with Crippen LogP contribution in [-0.2, 0) is 35.6 Å². The van der Waals surface area contributed by atoms with Gasteiger partial charge in [-0.3, -0.25) is 19.3 Å². The molecule has 2 aromatic carbocycles. The average molecular weight is 741 g/mol. The lowest BCUT2D eigenvalue weighted by Crippen LogP contribution is -2.51. The molecule has 1 aromatic heterocycles. The van der Waals surface area contributed by atoms with E-state index in [0.29, 0.717) is 22.8 Å². The number of ketones is 1. The smallest absolute Gasteiger partial charge is 0.337 e. The van der Waals surface area contributed by atoms with Crippen molar-refractivity contribution < 1.29 is 46.6 Å². The van der Waals surface area contributed by atoms with Crippen molar-refractivity contribution in [2.75, 3.05) is 18.8 Å². The fraction of sp³-hybridized carbons (Fsp3) is 0.394. The van der Waals surface area contributed by atoms with Gasteiger partial charge in [-0.2, -0.15) is 4.72 Å². The second-order valence-corrected chi connectivity index (χ2v) is 14.5. The van der Waals surface area contributed by atoms with Gasteiger partial charge in [0.05, 0.1) is 35.1 Å². The van der Waals surface area contributed by atoms with Gasteiger partial charge in [-0.1, -0.05) is 35.3 Å². The molecule has 0 aliphatic carbocycles. The van der Waals surface area contributed by atoms with E-state index in [4.69, 9.17) is 37.1 Å². The van der Waals surface area contributed by atoms with Gasteiger partial charge in [0.25, 0.3) is 0 Å². The topological polar surface area (TPSA) is 182 Å². The SMILES string of the molecule is CC(C(=O)c1cccc(Cl)c1)N(COC(=O)CCCCC(=O)OCNS(=O)(=O)c1cc(C(=O)O)c(NCc2ccco2)cc1Cl)C(C)(C)C. The maximum Gasteiger partial charge on any atom is 0.337 e. The summed E-state index contributed by atoms with van der Waals surface area (Å²) in [6.45, 7) is 6.70. The number of Topliss-reactive ketones (excluding diaryl/α,β-unsaturated/α-hetero) is 1. The summed E-state index contributed by atoms with van der Waals surface area (Å²) in [6.07, 6.45) is 1.90. The maximum atomic E-state index is 13.1. The molecule has 0 bridgehead atoms. The number of ether oxygens (including phenoxy) is 2. The van der Waals surface area contributed by atoms with Crippen LogP contribution >= 0.6 is 23.2 Å². The van der Waals surface area contributed by atoms with Crippen LogP contribution in [0.4, 0.5) is 5.69 Å². The molecule has 49 heavy (non-hydrogen) atoms. The standard InChI is InChI=1S/C33H39Cl2N3O10S/c1-21(31(41)22-9-7-10-23(34)15-22)38(33(2,3)4)20-48-30(40)13-6-5-12-29(39)47-19-37-49(44,45)28-16-25(32(42)43)27(17-26(28)35)36-18-24-11-8-14-46-24/h7-11,14-17,21,36-37H,5-6,12-13,18-20H2,1-4H3,(H,42,43). The Kier molecular flexibility index (Phi) is 14.2. The minimum Gasteiger partial charge on any atom is -0.478 e. The van der Waals surface area contributed by atoms with Crippen LogP contribution in [0.3, 0.4) is 0 Å². The predicted molar refractivity (Wildman–Crippen MR) is 182 cm³/mol. The Bertz CT molecular complexity index is 1740. The van der Waals surface area contributed by atoms with Crippen molar-refractivity contribution in [2.45, 2.75) is 76.4 Å². The zero-order valence-corrected chi connectivity index (χ0v) is 29.8. The highest BCUT2D eigenvalue weighted by Crippen LogP contribution is 2.29. The number of rotatable bonds is 18. The van der Waals surface area contributed by atoms with Crippen LogP contribution in [0.1, 0.15) is 79.9 Å². The minimum atomic E-state index is -4.37. The van der Waals surface area contributed by atoms with E-state index < -0.39 is 51.1 Å². The van der Waals surface area contributed by atoms with Gasteiger partial charge in [0.2, 0.25) is 10.0 Å². The summed E-state index contributed by atoms with van der Waals surface area (Å²) < 4.78 is 43.4. The number of nitrogens with one attached hydrogen (secondary N) is 2. The molecular weight excluding hydrogens is 701 g/mol. The number of carboxylic acid groups (broad SMARTS) is 1. The van der Waals surface area contributed by atoms with Gasteiger partial charge < -0.3 is 24.3 Å². The molecule has 1 unspecified atom stereocenters. The van der Waals surface area contributed by atoms with Crippen molar-refractivity contribution in [3.8, 4) is 0 Å². The fourth-order valence-corrected chi connectivity index (χ4v) is 6.30. The van der Waals surface area contributed by atoms with E-state index in [1.165, 1.54) is 12.3 Å². The van der Waals surface area contributed by atoms with Crippen molar-refractivity contribution in [3.63, 3.8) is 0 Å². The highest BCUT2D eigenvalue weighted by atomic mass is 35.5. The minimum absolute atomic E-state index is 0.00525. The van der Waals surface area contributed by atoms with Crippen LogP contribution in [0, 0.1) is 0 Å². The Hall–Kier alpha value is -3.95. The molecule has 0 saturated carbocycles. The van der Waals surface area contributed by atoms with Gasteiger partial charge in [0.15, 0.2) is 12.5 Å². The van der Waals surface area contributed by atoms with Crippen molar-refractivity contribution in [3.05, 3.63) is 81.7 Å². The summed E-state index contributed by atoms with van der Waals surface area (Å²) in [6, 6.07) is 11.4. The Morgan fingerprint density at radius 2 is 1.65 bits per heavy atom. The second-order valence-electron chi connectivity index (χ2n) is 11.9. The Labute approximate surface area is 294 Å². The number of unbranched alkanes of at least 4 members (excludes halogenated alkanes) is 1. The van der Waals surface area contributed by atoms with Gasteiger partial charge in [0.1, 0.15) is 17.4 Å². The first-order valence-corrected chi connectivity index (χ1v) is 17.4. The number of halogens is 2. The summed E-state index contributed by atoms with van der Waals surface area (Å²) in [5, 5.41) is 12.7. The Morgan fingerprint density at radius 1 is 0.980 bits per heavy atom. The first kappa shape index (κ1) is 39.5. The summed E-state index contributed by atoms with van der Waals surface area (Å²) in [7, 11) is -4.37. The molecule has 3 rings (SSSR count). The number of esters is 2. The molecule has 16 heteroatoms. The fourth-order valence-electron chi connectivity index (χ4n) is 4.68. The third kappa shape index (κ3) is 11.9. The Morgan fingerprint density at radius 3 is 2.24 bits per heavy atom. The molecule has 0 radical (unpaired) electrons. The highest BCUT2D eigenvalue weighted by molar-refractivity contribution is 7.89. The quantitative estimate of drug-likeness (QED) is 0.0590. The van der Waals surface area contributed by atoms with Crippen LogP contribution in [0.15, 0.2) is 64.1 Å².